The SMILES string of the molecule is CSC(C)CCNC(=O)NCc1ccc(C(=O)O)o1. The van der Waals surface area contributed by atoms with Crippen molar-refractivity contribution in [2.24, 2.45) is 0 Å². The summed E-state index contributed by atoms with van der Waals surface area (Å²) in [4.78, 5) is 22.0. The molecule has 1 heterocycles. The summed E-state index contributed by atoms with van der Waals surface area (Å²) in [6.07, 6.45) is 2.93. The summed E-state index contributed by atoms with van der Waals surface area (Å²) in [6.45, 7) is 2.87. The smallest absolute Gasteiger partial charge is 0.371 e. The fourth-order valence-corrected chi connectivity index (χ4v) is 1.68. The molecule has 0 aliphatic rings. The number of carbonyl (C=O) groups is 2. The predicted molar refractivity (Wildman–Crippen MR) is 73.5 cm³/mol. The van der Waals surface area contributed by atoms with Crippen LogP contribution in [0, 0.1) is 0 Å². The van der Waals surface area contributed by atoms with Crippen LogP contribution in [0.25, 0.3) is 0 Å². The summed E-state index contributed by atoms with van der Waals surface area (Å²) in [5.74, 6) is -0.849. The molecule has 0 saturated heterocycles. The monoisotopic (exact) mass is 286 g/mol. The van der Waals surface area contributed by atoms with Crippen molar-refractivity contribution in [1.82, 2.24) is 10.6 Å². The maximum atomic E-state index is 11.4. The molecule has 6 nitrogen and oxygen atoms in total. The molecule has 0 bridgehead atoms. The van der Waals surface area contributed by atoms with Gasteiger partial charge in [-0.25, -0.2) is 9.59 Å². The Labute approximate surface area is 115 Å². The molecule has 0 saturated carbocycles. The molecule has 1 aromatic rings. The third-order valence-electron chi connectivity index (χ3n) is 2.53. The molecule has 1 rings (SSSR count). The van der Waals surface area contributed by atoms with Crippen LogP contribution in [-0.2, 0) is 6.54 Å². The Morgan fingerprint density at radius 2 is 2.16 bits per heavy atom. The molecule has 1 unspecified atom stereocenters. The van der Waals surface area contributed by atoms with Gasteiger partial charge in [-0.05, 0) is 24.8 Å². The van der Waals surface area contributed by atoms with E-state index >= 15 is 0 Å². The van der Waals surface area contributed by atoms with Crippen molar-refractivity contribution in [3.8, 4) is 0 Å². The number of rotatable bonds is 7. The summed E-state index contributed by atoms with van der Waals surface area (Å²) >= 11 is 1.75. The molecule has 1 aromatic heterocycles. The Bertz CT molecular complexity index is 433. The molecule has 0 radical (unpaired) electrons. The summed E-state index contributed by atoms with van der Waals surface area (Å²) in [6, 6.07) is 2.60. The van der Waals surface area contributed by atoms with Gasteiger partial charge in [-0.2, -0.15) is 11.8 Å². The van der Waals surface area contributed by atoms with Gasteiger partial charge in [-0.1, -0.05) is 6.92 Å². The number of nitrogens with one attached hydrogen (secondary N) is 2. The Hall–Kier alpha value is -1.63. The number of amides is 2. The first-order valence-electron chi connectivity index (χ1n) is 5.89. The van der Waals surface area contributed by atoms with Gasteiger partial charge in [0, 0.05) is 11.8 Å². The summed E-state index contributed by atoms with van der Waals surface area (Å²) in [7, 11) is 0. The van der Waals surface area contributed by atoms with E-state index in [1.165, 1.54) is 12.1 Å². The van der Waals surface area contributed by atoms with E-state index in [9.17, 15) is 9.59 Å². The quantitative estimate of drug-likeness (QED) is 0.712. The number of hydrogen-bond donors (Lipinski definition) is 3. The number of carbonyl (C=O) groups excluding carboxylic acids is 1. The predicted octanol–water partition coefficient (Wildman–Crippen LogP) is 1.92. The number of furan rings is 1. The molecule has 106 valence electrons. The van der Waals surface area contributed by atoms with Crippen molar-refractivity contribution < 1.29 is 19.1 Å². The normalized spacial score (nSPS) is 11.9. The highest BCUT2D eigenvalue weighted by atomic mass is 32.2. The van der Waals surface area contributed by atoms with Gasteiger partial charge in [-0.3, -0.25) is 0 Å². The van der Waals surface area contributed by atoms with Crippen LogP contribution in [0.3, 0.4) is 0 Å². The van der Waals surface area contributed by atoms with Crippen LogP contribution in [0.15, 0.2) is 16.5 Å². The van der Waals surface area contributed by atoms with Crippen molar-refractivity contribution in [3.05, 3.63) is 23.7 Å². The van der Waals surface area contributed by atoms with Gasteiger partial charge >= 0.3 is 12.0 Å². The molecule has 1 atom stereocenters. The van der Waals surface area contributed by atoms with Crippen molar-refractivity contribution in [3.63, 3.8) is 0 Å². The molecule has 0 aromatic carbocycles. The van der Waals surface area contributed by atoms with Crippen LogP contribution < -0.4 is 10.6 Å². The Morgan fingerprint density at radius 3 is 2.74 bits per heavy atom. The van der Waals surface area contributed by atoms with Crippen LogP contribution >= 0.6 is 11.8 Å². The van der Waals surface area contributed by atoms with Gasteiger partial charge in [0.05, 0.1) is 6.54 Å². The second kappa shape index (κ2) is 7.73. The topological polar surface area (TPSA) is 91.6 Å². The molecule has 3 N–H and O–H groups in total. The van der Waals surface area contributed by atoms with E-state index in [4.69, 9.17) is 9.52 Å². The zero-order valence-corrected chi connectivity index (χ0v) is 11.8. The number of thioether (sulfide) groups is 1. The molecule has 0 spiro atoms. The lowest BCUT2D eigenvalue weighted by Gasteiger charge is -2.09. The molecular formula is C12H18N2O4S. The van der Waals surface area contributed by atoms with Gasteiger partial charge in [0.2, 0.25) is 5.76 Å². The standard InChI is InChI=1S/C12H18N2O4S/c1-8(19-2)5-6-13-12(17)14-7-9-3-4-10(18-9)11(15)16/h3-4,8H,5-7H2,1-2H3,(H,15,16)(H2,13,14,17). The number of carboxylic acids is 1. The van der Waals surface area contributed by atoms with E-state index in [0.29, 0.717) is 17.6 Å². The molecule has 19 heavy (non-hydrogen) atoms. The third-order valence-corrected chi connectivity index (χ3v) is 3.57. The van der Waals surface area contributed by atoms with E-state index in [2.05, 4.69) is 17.6 Å². The third kappa shape index (κ3) is 5.69. The van der Waals surface area contributed by atoms with E-state index in [-0.39, 0.29) is 18.3 Å². The minimum atomic E-state index is -1.12. The highest BCUT2D eigenvalue weighted by molar-refractivity contribution is 7.99. The zero-order chi connectivity index (χ0) is 14.3. The van der Waals surface area contributed by atoms with E-state index in [1.54, 1.807) is 11.8 Å². The van der Waals surface area contributed by atoms with Crippen LogP contribution in [-0.4, -0.2) is 35.2 Å². The molecule has 0 aliphatic carbocycles. The number of carboxylic acid groups (broad SMARTS) is 1. The van der Waals surface area contributed by atoms with Gasteiger partial charge in [0.25, 0.3) is 0 Å². The molecule has 0 fully saturated rings. The first-order valence-corrected chi connectivity index (χ1v) is 7.18. The fourth-order valence-electron chi connectivity index (χ4n) is 1.32. The van der Waals surface area contributed by atoms with Crippen LogP contribution in [0.2, 0.25) is 0 Å². The van der Waals surface area contributed by atoms with Crippen molar-refractivity contribution in [1.29, 1.82) is 0 Å². The van der Waals surface area contributed by atoms with E-state index in [0.717, 1.165) is 6.42 Å². The minimum Gasteiger partial charge on any atom is -0.475 e. The van der Waals surface area contributed by atoms with Crippen molar-refractivity contribution in [2.45, 2.75) is 25.1 Å². The lowest BCUT2D eigenvalue weighted by Crippen LogP contribution is -2.36. The maximum Gasteiger partial charge on any atom is 0.371 e. The Morgan fingerprint density at radius 1 is 1.42 bits per heavy atom. The van der Waals surface area contributed by atoms with Gasteiger partial charge < -0.3 is 20.2 Å². The van der Waals surface area contributed by atoms with Gasteiger partial charge in [0.1, 0.15) is 5.76 Å². The molecular weight excluding hydrogens is 268 g/mol. The Balaban J connectivity index is 2.24. The first kappa shape index (κ1) is 15.4. The number of urea groups is 1. The summed E-state index contributed by atoms with van der Waals surface area (Å²) in [5, 5.41) is 14.5. The minimum absolute atomic E-state index is 0.133. The lowest BCUT2D eigenvalue weighted by atomic mass is 10.3. The number of aromatic carboxylic acids is 1. The highest BCUT2D eigenvalue weighted by Gasteiger charge is 2.09. The fraction of sp³-hybridized carbons (Fsp3) is 0.500. The average molecular weight is 286 g/mol. The molecule has 0 aliphatic heterocycles. The second-order valence-corrected chi connectivity index (χ2v) is 5.29. The van der Waals surface area contributed by atoms with E-state index < -0.39 is 5.97 Å². The summed E-state index contributed by atoms with van der Waals surface area (Å²) in [5.41, 5.74) is 0. The van der Waals surface area contributed by atoms with Crippen LogP contribution in [0.4, 0.5) is 4.79 Å². The second-order valence-electron chi connectivity index (χ2n) is 4.02. The zero-order valence-electron chi connectivity index (χ0n) is 10.9. The largest absolute Gasteiger partial charge is 0.475 e. The molecule has 2 amide bonds. The van der Waals surface area contributed by atoms with E-state index in [1.807, 2.05) is 6.26 Å². The van der Waals surface area contributed by atoms with Crippen molar-refractivity contribution >= 4 is 23.8 Å². The van der Waals surface area contributed by atoms with Crippen LogP contribution in [0.5, 0.6) is 0 Å². The number of hydrogen-bond acceptors (Lipinski definition) is 4. The van der Waals surface area contributed by atoms with Crippen LogP contribution in [0.1, 0.15) is 29.7 Å². The summed E-state index contributed by atoms with van der Waals surface area (Å²) < 4.78 is 5.01. The van der Waals surface area contributed by atoms with Crippen molar-refractivity contribution in [2.75, 3.05) is 12.8 Å². The lowest BCUT2D eigenvalue weighted by molar-refractivity contribution is 0.0660. The Kier molecular flexibility index (Phi) is 6.27. The highest BCUT2D eigenvalue weighted by Crippen LogP contribution is 2.08. The van der Waals surface area contributed by atoms with Gasteiger partial charge in [0.15, 0.2) is 0 Å². The molecule has 7 heteroatoms. The first-order chi connectivity index (χ1) is 9.02. The van der Waals surface area contributed by atoms with Gasteiger partial charge in [-0.15, -0.1) is 0 Å². The maximum absolute atomic E-state index is 11.4. The average Bonchev–Trinajstić information content (AvgIpc) is 2.85.